The van der Waals surface area contributed by atoms with Crippen molar-refractivity contribution in [3.63, 3.8) is 0 Å². The van der Waals surface area contributed by atoms with E-state index in [1.807, 2.05) is 24.3 Å². The molecule has 0 radical (unpaired) electrons. The number of hydrogen-bond donors (Lipinski definition) is 0. The van der Waals surface area contributed by atoms with Gasteiger partial charge in [-0.3, -0.25) is 0 Å². The smallest absolute Gasteiger partial charge is 0.0890 e. The summed E-state index contributed by atoms with van der Waals surface area (Å²) in [5.41, 5.74) is 2.61. The van der Waals surface area contributed by atoms with Crippen molar-refractivity contribution in [1.82, 2.24) is 9.97 Å². The first-order valence-corrected chi connectivity index (χ1v) is 5.46. The number of allylic oxidation sites excluding steroid dienone is 2. The van der Waals surface area contributed by atoms with Gasteiger partial charge >= 0.3 is 0 Å². The van der Waals surface area contributed by atoms with Crippen LogP contribution in [0.15, 0.2) is 36.4 Å². The lowest BCUT2D eigenvalue weighted by Crippen LogP contribution is -2.00. The summed E-state index contributed by atoms with van der Waals surface area (Å²) in [5, 5.41) is 0. The standard InChI is InChI=1S/C14H10N2/c1-2-4-10-9(3-1)15-13-8-6-5-7-11(8)12(7)14(13)16-10/h1-8,11-12H/i5D,6D,7D,12D. The summed E-state index contributed by atoms with van der Waals surface area (Å²) in [5.74, 6) is -3.18. The first-order valence-electron chi connectivity index (χ1n) is 7.46. The molecule has 4 unspecified atom stereocenters. The fourth-order valence-corrected chi connectivity index (χ4v) is 2.89. The number of benzene rings is 1. The van der Waals surface area contributed by atoms with Crippen molar-refractivity contribution in [1.29, 1.82) is 0 Å². The van der Waals surface area contributed by atoms with Crippen LogP contribution in [0.2, 0.25) is 0 Å². The highest BCUT2D eigenvalue weighted by Gasteiger charge is 2.63. The molecule has 2 heteroatoms. The van der Waals surface area contributed by atoms with E-state index in [4.69, 9.17) is 5.48 Å². The molecule has 1 aromatic carbocycles. The van der Waals surface area contributed by atoms with E-state index in [-0.39, 0.29) is 23.9 Å². The molecule has 1 aromatic heterocycles. The fourth-order valence-electron chi connectivity index (χ4n) is 2.89. The van der Waals surface area contributed by atoms with E-state index in [0.717, 1.165) is 5.52 Å². The first kappa shape index (κ1) is 5.09. The second-order valence-electron chi connectivity index (χ2n) is 4.50. The fraction of sp³-hybridized carbons (Fsp3) is 0.286. The van der Waals surface area contributed by atoms with Gasteiger partial charge in [0.15, 0.2) is 0 Å². The zero-order valence-corrected chi connectivity index (χ0v) is 8.36. The Bertz CT molecular complexity index is 848. The summed E-state index contributed by atoms with van der Waals surface area (Å²) >= 11 is 0. The van der Waals surface area contributed by atoms with E-state index in [0.29, 0.717) is 16.9 Å². The molecule has 3 aliphatic carbocycles. The molecule has 1 saturated carbocycles. The van der Waals surface area contributed by atoms with Gasteiger partial charge in [0.2, 0.25) is 0 Å². The minimum absolute atomic E-state index is 0.0219. The van der Waals surface area contributed by atoms with E-state index >= 15 is 0 Å². The molecule has 16 heavy (non-hydrogen) atoms. The minimum atomic E-state index is -1.28. The van der Waals surface area contributed by atoms with E-state index in [9.17, 15) is 0 Å². The van der Waals surface area contributed by atoms with Gasteiger partial charge in [-0.05, 0) is 23.9 Å². The van der Waals surface area contributed by atoms with E-state index in [1.54, 1.807) is 0 Å². The van der Waals surface area contributed by atoms with Crippen molar-refractivity contribution >= 4 is 11.0 Å². The maximum Gasteiger partial charge on any atom is 0.0890 e. The Balaban J connectivity index is 1.88. The molecule has 5 rings (SSSR count). The molecule has 0 spiro atoms. The van der Waals surface area contributed by atoms with Crippen molar-refractivity contribution in [2.75, 3.05) is 0 Å². The van der Waals surface area contributed by atoms with Gasteiger partial charge in [0.25, 0.3) is 0 Å². The lowest BCUT2D eigenvalue weighted by molar-refractivity contribution is 0.734. The molecule has 0 bridgehead atoms. The highest BCUT2D eigenvalue weighted by molar-refractivity contribution is 5.75. The summed E-state index contributed by atoms with van der Waals surface area (Å²) in [4.78, 5) is 9.12. The molecule has 76 valence electrons. The minimum Gasteiger partial charge on any atom is -0.249 e. The van der Waals surface area contributed by atoms with E-state index in [1.165, 1.54) is 0 Å². The number of aromatic nitrogens is 2. The van der Waals surface area contributed by atoms with Crippen LogP contribution in [-0.2, 0) is 0 Å². The Morgan fingerprint density at radius 3 is 2.62 bits per heavy atom. The molecule has 0 aliphatic heterocycles. The molecule has 0 N–H and O–H groups in total. The maximum atomic E-state index is 8.59. The van der Waals surface area contributed by atoms with Crippen LogP contribution in [0.5, 0.6) is 0 Å². The zero-order chi connectivity index (χ0) is 13.9. The predicted molar refractivity (Wildman–Crippen MR) is 61.1 cm³/mol. The Labute approximate surface area is 98.7 Å². The van der Waals surface area contributed by atoms with Crippen molar-refractivity contribution in [3.05, 3.63) is 47.8 Å². The molecule has 1 fully saturated rings. The van der Waals surface area contributed by atoms with Crippen LogP contribution in [0.25, 0.3) is 11.0 Å². The second kappa shape index (κ2) is 2.19. The summed E-state index contributed by atoms with van der Waals surface area (Å²) < 4.78 is 33.0. The first-order chi connectivity index (χ1) is 9.51. The lowest BCUT2D eigenvalue weighted by Gasteiger charge is -2.07. The summed E-state index contributed by atoms with van der Waals surface area (Å²) in [7, 11) is 0. The largest absolute Gasteiger partial charge is 0.249 e. The Morgan fingerprint density at radius 2 is 1.81 bits per heavy atom. The van der Waals surface area contributed by atoms with Crippen molar-refractivity contribution in [2.45, 2.75) is 11.8 Å². The number of hydrogen-bond acceptors (Lipinski definition) is 2. The second-order valence-corrected chi connectivity index (χ2v) is 4.50. The molecule has 0 saturated heterocycles. The van der Waals surface area contributed by atoms with Gasteiger partial charge in [-0.2, -0.15) is 0 Å². The quantitative estimate of drug-likeness (QED) is 0.625. The van der Waals surface area contributed by atoms with Crippen LogP contribution < -0.4 is 0 Å². The monoisotopic (exact) mass is 210 g/mol. The number of fused-ring (bicyclic) bond motifs is 5. The summed E-state index contributed by atoms with van der Waals surface area (Å²) in [6, 6.07) is 7.58. The van der Waals surface area contributed by atoms with Gasteiger partial charge in [-0.1, -0.05) is 24.2 Å². The normalized spacial score (nSPS) is 50.5. The van der Waals surface area contributed by atoms with Gasteiger partial charge in [-0.15, -0.1) is 0 Å². The molecule has 3 aliphatic rings. The van der Waals surface area contributed by atoms with Gasteiger partial charge in [-0.25, -0.2) is 9.97 Å². The Hall–Kier alpha value is -1.70. The predicted octanol–water partition coefficient (Wildman–Crippen LogP) is 2.63. The topological polar surface area (TPSA) is 25.8 Å². The van der Waals surface area contributed by atoms with E-state index in [2.05, 4.69) is 9.97 Å². The van der Waals surface area contributed by atoms with Crippen LogP contribution >= 0.6 is 0 Å². The number of para-hydroxylation sites is 2. The van der Waals surface area contributed by atoms with Crippen LogP contribution in [0.3, 0.4) is 0 Å². The summed E-state index contributed by atoms with van der Waals surface area (Å²) in [6.07, 6.45) is 0. The molecular weight excluding hydrogens is 196 g/mol. The van der Waals surface area contributed by atoms with Crippen molar-refractivity contribution < 1.29 is 5.48 Å². The number of nitrogens with zero attached hydrogens (tertiary/aromatic N) is 2. The molecule has 4 atom stereocenters. The Kier molecular flexibility index (Phi) is 0.697. The zero-order valence-electron chi connectivity index (χ0n) is 12.4. The molecular formula is C14H10N2. The van der Waals surface area contributed by atoms with Crippen LogP contribution in [-0.4, -0.2) is 9.97 Å². The van der Waals surface area contributed by atoms with E-state index < -0.39 is 11.8 Å². The van der Waals surface area contributed by atoms with Gasteiger partial charge in [0.05, 0.1) is 25.2 Å². The van der Waals surface area contributed by atoms with Crippen molar-refractivity contribution in [2.24, 2.45) is 11.8 Å². The van der Waals surface area contributed by atoms with Crippen LogP contribution in [0, 0.1) is 11.8 Å². The number of rotatable bonds is 0. The van der Waals surface area contributed by atoms with Gasteiger partial charge in [0, 0.05) is 14.6 Å². The van der Waals surface area contributed by atoms with Crippen LogP contribution in [0.4, 0.5) is 0 Å². The molecule has 1 heterocycles. The highest BCUT2D eigenvalue weighted by Crippen LogP contribution is 2.70. The summed E-state index contributed by atoms with van der Waals surface area (Å²) in [6.45, 7) is 0. The molecule has 2 nitrogen and oxygen atoms in total. The average Bonchev–Trinajstić information content (AvgIpc) is 2.73. The molecule has 0 amide bonds. The third-order valence-electron chi connectivity index (χ3n) is 3.67. The maximum absolute atomic E-state index is 8.59. The van der Waals surface area contributed by atoms with Gasteiger partial charge in [0.1, 0.15) is 0 Å². The van der Waals surface area contributed by atoms with Gasteiger partial charge < -0.3 is 0 Å². The Morgan fingerprint density at radius 1 is 1.06 bits per heavy atom. The lowest BCUT2D eigenvalue weighted by atomic mass is 10.1. The SMILES string of the molecule is [2H]C1=C([2H])C2([2H])C3C1c1nc4ccccc4nc1C32[2H]. The molecule has 2 aromatic rings. The third-order valence-corrected chi connectivity index (χ3v) is 3.67. The van der Waals surface area contributed by atoms with Crippen molar-refractivity contribution in [3.8, 4) is 0 Å². The average molecular weight is 210 g/mol. The third kappa shape index (κ3) is 0.673. The van der Waals surface area contributed by atoms with Crippen LogP contribution in [0.1, 0.15) is 28.7 Å². The highest BCUT2D eigenvalue weighted by atomic mass is 14.9.